The molecule has 0 aliphatic carbocycles. The van der Waals surface area contributed by atoms with E-state index in [1.54, 1.807) is 0 Å². The van der Waals surface area contributed by atoms with Crippen molar-refractivity contribution in [2.24, 2.45) is 11.8 Å². The first-order valence-corrected chi connectivity index (χ1v) is 5.30. The topological polar surface area (TPSA) is 22.1 Å². The fourth-order valence-corrected chi connectivity index (χ4v) is 2.19. The maximum atomic E-state index is 5.79. The lowest BCUT2D eigenvalue weighted by Crippen LogP contribution is -2.13. The number of hydrogen-bond acceptors (Lipinski definition) is 2. The van der Waals surface area contributed by atoms with E-state index in [2.05, 4.69) is 31.0 Å². The quantitative estimate of drug-likeness (QED) is 0.717. The average molecular weight is 191 g/mol. The summed E-state index contributed by atoms with van der Waals surface area (Å²) in [5, 5.41) is 0. The summed E-state index contributed by atoms with van der Waals surface area (Å²) < 4.78 is 5.79. The molecule has 1 aliphatic heterocycles. The van der Waals surface area contributed by atoms with E-state index in [1.807, 2.05) is 12.4 Å². The lowest BCUT2D eigenvalue weighted by Gasteiger charge is -2.21. The molecule has 0 amide bonds. The minimum Gasteiger partial charge on any atom is -0.373 e. The van der Waals surface area contributed by atoms with Gasteiger partial charge in [-0.05, 0) is 36.0 Å². The van der Waals surface area contributed by atoms with Crippen molar-refractivity contribution in [2.45, 2.75) is 26.4 Å². The van der Waals surface area contributed by atoms with Crippen LogP contribution in [0.15, 0.2) is 24.5 Å². The van der Waals surface area contributed by atoms with E-state index in [9.17, 15) is 0 Å². The Morgan fingerprint density at radius 3 is 2.71 bits per heavy atom. The third-order valence-electron chi connectivity index (χ3n) is 3.03. The molecule has 76 valence electrons. The smallest absolute Gasteiger partial charge is 0.0857 e. The zero-order chi connectivity index (χ0) is 9.97. The molecule has 0 spiro atoms. The summed E-state index contributed by atoms with van der Waals surface area (Å²) in [6.07, 6.45) is 5.16. The standard InChI is InChI=1S/C12H17NO/c1-9(2)11-5-8-14-12(11)10-3-6-13-7-4-10/h3-4,6-7,9,11-12H,5,8H2,1-2H3. The first-order valence-electron chi connectivity index (χ1n) is 5.30. The highest BCUT2D eigenvalue weighted by Crippen LogP contribution is 2.38. The van der Waals surface area contributed by atoms with Crippen molar-refractivity contribution < 1.29 is 4.74 Å². The van der Waals surface area contributed by atoms with E-state index in [1.165, 1.54) is 12.0 Å². The summed E-state index contributed by atoms with van der Waals surface area (Å²) >= 11 is 0. The molecule has 2 heterocycles. The summed E-state index contributed by atoms with van der Waals surface area (Å²) in [4.78, 5) is 4.03. The van der Waals surface area contributed by atoms with Crippen LogP contribution in [0.4, 0.5) is 0 Å². The third-order valence-corrected chi connectivity index (χ3v) is 3.03. The van der Waals surface area contributed by atoms with E-state index >= 15 is 0 Å². The Hall–Kier alpha value is -0.890. The average Bonchev–Trinajstić information content (AvgIpc) is 2.67. The molecule has 0 radical (unpaired) electrons. The molecule has 1 aliphatic rings. The van der Waals surface area contributed by atoms with Crippen LogP contribution in [0.25, 0.3) is 0 Å². The normalized spacial score (nSPS) is 27.1. The Kier molecular flexibility index (Phi) is 2.82. The number of rotatable bonds is 2. The van der Waals surface area contributed by atoms with Gasteiger partial charge in [-0.3, -0.25) is 4.98 Å². The van der Waals surface area contributed by atoms with Crippen LogP contribution in [-0.4, -0.2) is 11.6 Å². The molecule has 2 atom stereocenters. The molecule has 2 rings (SSSR count). The molecule has 0 aromatic carbocycles. The minimum atomic E-state index is 0.290. The van der Waals surface area contributed by atoms with E-state index < -0.39 is 0 Å². The van der Waals surface area contributed by atoms with E-state index in [0.717, 1.165) is 6.61 Å². The molecular formula is C12H17NO. The van der Waals surface area contributed by atoms with Gasteiger partial charge >= 0.3 is 0 Å². The Bertz CT molecular complexity index is 284. The molecule has 1 saturated heterocycles. The number of aromatic nitrogens is 1. The summed E-state index contributed by atoms with van der Waals surface area (Å²) in [6, 6.07) is 4.12. The third kappa shape index (κ3) is 1.80. The highest BCUT2D eigenvalue weighted by Gasteiger charge is 2.31. The molecule has 2 heteroatoms. The monoisotopic (exact) mass is 191 g/mol. The maximum Gasteiger partial charge on any atom is 0.0857 e. The van der Waals surface area contributed by atoms with Crippen LogP contribution in [-0.2, 0) is 4.74 Å². The molecule has 0 bridgehead atoms. The van der Waals surface area contributed by atoms with Crippen molar-refractivity contribution in [2.75, 3.05) is 6.61 Å². The van der Waals surface area contributed by atoms with Gasteiger partial charge in [0.1, 0.15) is 0 Å². The molecule has 14 heavy (non-hydrogen) atoms. The van der Waals surface area contributed by atoms with Crippen molar-refractivity contribution in [3.63, 3.8) is 0 Å². The van der Waals surface area contributed by atoms with Gasteiger partial charge in [-0.2, -0.15) is 0 Å². The van der Waals surface area contributed by atoms with Gasteiger partial charge in [0, 0.05) is 19.0 Å². The maximum absolute atomic E-state index is 5.79. The minimum absolute atomic E-state index is 0.290. The molecule has 1 aromatic rings. The lowest BCUT2D eigenvalue weighted by atomic mass is 9.86. The van der Waals surface area contributed by atoms with Crippen LogP contribution >= 0.6 is 0 Å². The summed E-state index contributed by atoms with van der Waals surface area (Å²) in [5.74, 6) is 1.35. The fraction of sp³-hybridized carbons (Fsp3) is 0.583. The SMILES string of the molecule is CC(C)C1CCOC1c1ccncc1. The van der Waals surface area contributed by atoms with E-state index in [-0.39, 0.29) is 6.10 Å². The Labute approximate surface area is 85.3 Å². The van der Waals surface area contributed by atoms with Crippen LogP contribution in [0.5, 0.6) is 0 Å². The molecule has 2 unspecified atom stereocenters. The molecule has 2 nitrogen and oxygen atoms in total. The van der Waals surface area contributed by atoms with E-state index in [0.29, 0.717) is 11.8 Å². The molecule has 0 saturated carbocycles. The van der Waals surface area contributed by atoms with Crippen LogP contribution < -0.4 is 0 Å². The molecule has 1 aromatic heterocycles. The summed E-state index contributed by atoms with van der Waals surface area (Å²) in [6.45, 7) is 5.44. The number of hydrogen-bond donors (Lipinski definition) is 0. The molecular weight excluding hydrogens is 174 g/mol. The number of pyridine rings is 1. The van der Waals surface area contributed by atoms with Gasteiger partial charge in [0.2, 0.25) is 0 Å². The highest BCUT2D eigenvalue weighted by molar-refractivity contribution is 5.15. The van der Waals surface area contributed by atoms with Gasteiger partial charge in [-0.1, -0.05) is 13.8 Å². The summed E-state index contributed by atoms with van der Waals surface area (Å²) in [5.41, 5.74) is 1.27. The molecule has 1 fully saturated rings. The van der Waals surface area contributed by atoms with Gasteiger partial charge in [-0.25, -0.2) is 0 Å². The molecule has 0 N–H and O–H groups in total. The second-order valence-corrected chi connectivity index (χ2v) is 4.27. The largest absolute Gasteiger partial charge is 0.373 e. The second-order valence-electron chi connectivity index (χ2n) is 4.27. The van der Waals surface area contributed by atoms with Crippen molar-refractivity contribution in [3.8, 4) is 0 Å². The van der Waals surface area contributed by atoms with Crippen molar-refractivity contribution in [1.29, 1.82) is 0 Å². The second kappa shape index (κ2) is 4.09. The Balaban J connectivity index is 2.18. The Morgan fingerprint density at radius 1 is 1.36 bits per heavy atom. The predicted molar refractivity (Wildman–Crippen MR) is 55.9 cm³/mol. The Morgan fingerprint density at radius 2 is 2.07 bits per heavy atom. The first kappa shape index (κ1) is 9.66. The lowest BCUT2D eigenvalue weighted by molar-refractivity contribution is 0.0793. The first-order chi connectivity index (χ1) is 6.79. The van der Waals surface area contributed by atoms with Crippen LogP contribution in [0.3, 0.4) is 0 Å². The highest BCUT2D eigenvalue weighted by atomic mass is 16.5. The van der Waals surface area contributed by atoms with Crippen LogP contribution in [0, 0.1) is 11.8 Å². The van der Waals surface area contributed by atoms with Crippen molar-refractivity contribution in [3.05, 3.63) is 30.1 Å². The number of ether oxygens (including phenoxy) is 1. The van der Waals surface area contributed by atoms with Gasteiger partial charge < -0.3 is 4.74 Å². The zero-order valence-electron chi connectivity index (χ0n) is 8.81. The van der Waals surface area contributed by atoms with Crippen LogP contribution in [0.1, 0.15) is 31.9 Å². The van der Waals surface area contributed by atoms with Gasteiger partial charge in [0.15, 0.2) is 0 Å². The van der Waals surface area contributed by atoms with E-state index in [4.69, 9.17) is 4.74 Å². The summed E-state index contributed by atoms with van der Waals surface area (Å²) in [7, 11) is 0. The van der Waals surface area contributed by atoms with Crippen molar-refractivity contribution >= 4 is 0 Å². The zero-order valence-corrected chi connectivity index (χ0v) is 8.81. The van der Waals surface area contributed by atoms with Crippen molar-refractivity contribution in [1.82, 2.24) is 4.98 Å². The van der Waals surface area contributed by atoms with Gasteiger partial charge in [0.25, 0.3) is 0 Å². The fourth-order valence-electron chi connectivity index (χ4n) is 2.19. The van der Waals surface area contributed by atoms with Gasteiger partial charge in [0.05, 0.1) is 6.10 Å². The predicted octanol–water partition coefficient (Wildman–Crippen LogP) is 2.82. The number of nitrogens with zero attached hydrogens (tertiary/aromatic N) is 1. The van der Waals surface area contributed by atoms with Gasteiger partial charge in [-0.15, -0.1) is 0 Å². The van der Waals surface area contributed by atoms with Crippen LogP contribution in [0.2, 0.25) is 0 Å².